The van der Waals surface area contributed by atoms with Crippen LogP contribution in [0.5, 0.6) is 0 Å². The minimum Gasteiger partial charge on any atom is -0.332 e. The van der Waals surface area contributed by atoms with Crippen LogP contribution < -0.4 is 5.32 Å². The molecule has 1 unspecified atom stereocenters. The molecule has 4 rings (SSSR count). The molecule has 2 aliphatic rings. The van der Waals surface area contributed by atoms with Gasteiger partial charge in [-0.2, -0.15) is 0 Å². The van der Waals surface area contributed by atoms with Gasteiger partial charge in [-0.15, -0.1) is 10.2 Å². The van der Waals surface area contributed by atoms with Crippen molar-refractivity contribution >= 4 is 5.91 Å². The number of hydrogen-bond acceptors (Lipinski definition) is 4. The van der Waals surface area contributed by atoms with Gasteiger partial charge in [0.1, 0.15) is 5.82 Å². The van der Waals surface area contributed by atoms with Crippen molar-refractivity contribution in [3.05, 3.63) is 47.5 Å². The summed E-state index contributed by atoms with van der Waals surface area (Å²) in [5.74, 6) is 2.06. The monoisotopic (exact) mass is 325 g/mol. The number of amides is 1. The van der Waals surface area contributed by atoms with Crippen molar-refractivity contribution in [1.82, 2.24) is 25.0 Å². The number of nitrogens with zero attached hydrogens (tertiary/aromatic N) is 4. The molecular formula is C18H23N5O. The minimum atomic E-state index is -0.408. The molecule has 6 heteroatoms. The third kappa shape index (κ3) is 2.71. The lowest BCUT2D eigenvalue weighted by Gasteiger charge is -2.34. The lowest BCUT2D eigenvalue weighted by atomic mass is 9.98. The van der Waals surface area contributed by atoms with Crippen molar-refractivity contribution in [2.45, 2.75) is 44.8 Å². The summed E-state index contributed by atoms with van der Waals surface area (Å²) in [5.41, 5.74) is 0.823. The molecule has 6 nitrogen and oxygen atoms in total. The summed E-state index contributed by atoms with van der Waals surface area (Å²) in [4.78, 5) is 14.8. The number of benzene rings is 1. The second kappa shape index (κ2) is 6.02. The molecule has 0 radical (unpaired) electrons. The van der Waals surface area contributed by atoms with E-state index in [2.05, 4.69) is 32.2 Å². The quantitative estimate of drug-likeness (QED) is 0.925. The predicted molar refractivity (Wildman–Crippen MR) is 90.3 cm³/mol. The van der Waals surface area contributed by atoms with Crippen LogP contribution in [0.15, 0.2) is 30.3 Å². The molecule has 24 heavy (non-hydrogen) atoms. The molecule has 1 N–H and O–H groups in total. The average molecular weight is 325 g/mol. The number of nitrogens with one attached hydrogen (secondary N) is 1. The smallest absolute Gasteiger partial charge is 0.243 e. The van der Waals surface area contributed by atoms with Crippen LogP contribution in [-0.4, -0.2) is 44.2 Å². The SMILES string of the molecule is CC1(C(=O)N2CCn3c(Cc4ccccc4)nnc3C2)CCCN1. The zero-order valence-corrected chi connectivity index (χ0v) is 14.0. The maximum Gasteiger partial charge on any atom is 0.243 e. The van der Waals surface area contributed by atoms with Gasteiger partial charge in [-0.05, 0) is 31.9 Å². The lowest BCUT2D eigenvalue weighted by molar-refractivity contribution is -0.138. The van der Waals surface area contributed by atoms with Gasteiger partial charge in [0.05, 0.1) is 12.1 Å². The molecule has 1 fully saturated rings. The van der Waals surface area contributed by atoms with Crippen LogP contribution in [-0.2, 0) is 24.3 Å². The number of carbonyl (C=O) groups excluding carboxylic acids is 1. The first-order valence-electron chi connectivity index (χ1n) is 8.65. The molecule has 0 spiro atoms. The van der Waals surface area contributed by atoms with Crippen LogP contribution in [0.4, 0.5) is 0 Å². The number of fused-ring (bicyclic) bond motifs is 1. The van der Waals surface area contributed by atoms with E-state index in [0.717, 1.165) is 50.5 Å². The van der Waals surface area contributed by atoms with Crippen molar-refractivity contribution in [3.8, 4) is 0 Å². The van der Waals surface area contributed by atoms with E-state index in [1.807, 2.05) is 30.0 Å². The van der Waals surface area contributed by atoms with Crippen LogP contribution in [0, 0.1) is 0 Å². The molecule has 3 heterocycles. The molecule has 1 amide bonds. The van der Waals surface area contributed by atoms with Gasteiger partial charge >= 0.3 is 0 Å². The molecule has 0 saturated carbocycles. The second-order valence-electron chi connectivity index (χ2n) is 6.94. The first-order chi connectivity index (χ1) is 11.7. The summed E-state index contributed by atoms with van der Waals surface area (Å²) in [6.45, 7) is 4.99. The summed E-state index contributed by atoms with van der Waals surface area (Å²) in [5, 5.41) is 12.1. The van der Waals surface area contributed by atoms with E-state index in [0.29, 0.717) is 6.54 Å². The third-order valence-corrected chi connectivity index (χ3v) is 5.16. The predicted octanol–water partition coefficient (Wildman–Crippen LogP) is 1.35. The fourth-order valence-electron chi connectivity index (χ4n) is 3.73. The highest BCUT2D eigenvalue weighted by molar-refractivity contribution is 5.86. The fourth-order valence-corrected chi connectivity index (χ4v) is 3.73. The Morgan fingerprint density at radius 1 is 1.25 bits per heavy atom. The van der Waals surface area contributed by atoms with Crippen LogP contribution in [0.1, 0.15) is 37.0 Å². The van der Waals surface area contributed by atoms with Crippen LogP contribution >= 0.6 is 0 Å². The highest BCUT2D eigenvalue weighted by Crippen LogP contribution is 2.24. The third-order valence-electron chi connectivity index (χ3n) is 5.16. The van der Waals surface area contributed by atoms with E-state index in [1.54, 1.807) is 0 Å². The molecule has 1 aromatic heterocycles. The highest BCUT2D eigenvalue weighted by Gasteiger charge is 2.40. The summed E-state index contributed by atoms with van der Waals surface area (Å²) in [6, 6.07) is 10.3. The Hall–Kier alpha value is -2.21. The fraction of sp³-hybridized carbons (Fsp3) is 0.500. The Morgan fingerprint density at radius 2 is 2.08 bits per heavy atom. The first-order valence-corrected chi connectivity index (χ1v) is 8.65. The van der Waals surface area contributed by atoms with E-state index in [4.69, 9.17) is 0 Å². The Balaban J connectivity index is 1.49. The van der Waals surface area contributed by atoms with Crippen molar-refractivity contribution in [1.29, 1.82) is 0 Å². The summed E-state index contributed by atoms with van der Waals surface area (Å²) >= 11 is 0. The van der Waals surface area contributed by atoms with E-state index in [9.17, 15) is 4.79 Å². The molecule has 1 atom stereocenters. The maximum absolute atomic E-state index is 12.8. The largest absolute Gasteiger partial charge is 0.332 e. The van der Waals surface area contributed by atoms with Gasteiger partial charge in [0.2, 0.25) is 5.91 Å². The molecular weight excluding hydrogens is 302 g/mol. The molecule has 2 aliphatic heterocycles. The van der Waals surface area contributed by atoms with Gasteiger partial charge in [-0.3, -0.25) is 4.79 Å². The Labute approximate surface area is 141 Å². The first kappa shape index (κ1) is 15.3. The Kier molecular flexibility index (Phi) is 3.84. The van der Waals surface area contributed by atoms with Gasteiger partial charge in [0, 0.05) is 19.5 Å². The average Bonchev–Trinajstić information content (AvgIpc) is 3.22. The lowest BCUT2D eigenvalue weighted by Crippen LogP contribution is -2.54. The van der Waals surface area contributed by atoms with Crippen molar-refractivity contribution < 1.29 is 4.79 Å². The Morgan fingerprint density at radius 3 is 2.83 bits per heavy atom. The molecule has 2 aromatic rings. The van der Waals surface area contributed by atoms with E-state index >= 15 is 0 Å². The van der Waals surface area contributed by atoms with Gasteiger partial charge in [-0.1, -0.05) is 30.3 Å². The number of carbonyl (C=O) groups is 1. The van der Waals surface area contributed by atoms with Gasteiger partial charge in [0.15, 0.2) is 5.82 Å². The number of rotatable bonds is 3. The van der Waals surface area contributed by atoms with E-state index in [-0.39, 0.29) is 5.91 Å². The zero-order valence-electron chi connectivity index (χ0n) is 14.0. The van der Waals surface area contributed by atoms with E-state index < -0.39 is 5.54 Å². The zero-order chi connectivity index (χ0) is 16.6. The van der Waals surface area contributed by atoms with Crippen molar-refractivity contribution in [2.75, 3.05) is 13.1 Å². The molecule has 0 bridgehead atoms. The highest BCUT2D eigenvalue weighted by atomic mass is 16.2. The van der Waals surface area contributed by atoms with Crippen LogP contribution in [0.2, 0.25) is 0 Å². The molecule has 126 valence electrons. The summed E-state index contributed by atoms with van der Waals surface area (Å²) < 4.78 is 2.17. The van der Waals surface area contributed by atoms with E-state index in [1.165, 1.54) is 5.56 Å². The minimum absolute atomic E-state index is 0.193. The molecule has 1 saturated heterocycles. The Bertz CT molecular complexity index is 733. The molecule has 0 aliphatic carbocycles. The topological polar surface area (TPSA) is 63.1 Å². The van der Waals surface area contributed by atoms with Gasteiger partial charge < -0.3 is 14.8 Å². The van der Waals surface area contributed by atoms with Gasteiger partial charge in [-0.25, -0.2) is 0 Å². The number of aromatic nitrogens is 3. The summed E-state index contributed by atoms with van der Waals surface area (Å²) in [6.07, 6.45) is 2.75. The van der Waals surface area contributed by atoms with Crippen LogP contribution in [0.3, 0.4) is 0 Å². The standard InChI is InChI=1S/C18H23N5O/c1-18(8-5-9-19-18)17(24)22-10-11-23-15(20-21-16(23)13-22)12-14-6-3-2-4-7-14/h2-4,6-7,19H,5,8-13H2,1H3. The van der Waals surface area contributed by atoms with Crippen LogP contribution in [0.25, 0.3) is 0 Å². The summed E-state index contributed by atoms with van der Waals surface area (Å²) in [7, 11) is 0. The second-order valence-corrected chi connectivity index (χ2v) is 6.94. The van der Waals surface area contributed by atoms with Crippen molar-refractivity contribution in [2.24, 2.45) is 0 Å². The molecule has 1 aromatic carbocycles. The normalized spacial score (nSPS) is 23.3. The number of hydrogen-bond donors (Lipinski definition) is 1. The maximum atomic E-state index is 12.8. The van der Waals surface area contributed by atoms with Gasteiger partial charge in [0.25, 0.3) is 0 Å². The van der Waals surface area contributed by atoms with Crippen molar-refractivity contribution in [3.63, 3.8) is 0 Å².